The number of rotatable bonds is 6. The van der Waals surface area contributed by atoms with Gasteiger partial charge in [-0.2, -0.15) is 0 Å². The largest absolute Gasteiger partial charge is 0.495 e. The van der Waals surface area contributed by atoms with Crippen molar-refractivity contribution in [1.29, 1.82) is 0 Å². The van der Waals surface area contributed by atoms with E-state index in [1.54, 1.807) is 18.2 Å². The number of methoxy groups -OCH3 is 1. The molecule has 0 bridgehead atoms. The summed E-state index contributed by atoms with van der Waals surface area (Å²) in [5, 5.41) is 3.01. The topological polar surface area (TPSA) is 84.5 Å². The van der Waals surface area contributed by atoms with Crippen molar-refractivity contribution < 1.29 is 17.9 Å². The summed E-state index contributed by atoms with van der Waals surface area (Å²) >= 11 is 11.7. The van der Waals surface area contributed by atoms with Crippen molar-refractivity contribution in [3.63, 3.8) is 0 Å². The summed E-state index contributed by atoms with van der Waals surface area (Å²) < 4.78 is 31.6. The van der Waals surface area contributed by atoms with Crippen molar-refractivity contribution in [1.82, 2.24) is 4.72 Å². The van der Waals surface area contributed by atoms with E-state index in [9.17, 15) is 13.2 Å². The van der Waals surface area contributed by atoms with E-state index in [2.05, 4.69) is 10.0 Å². The highest BCUT2D eigenvalue weighted by Crippen LogP contribution is 2.27. The van der Waals surface area contributed by atoms with E-state index in [0.717, 1.165) is 0 Å². The molecule has 0 fully saturated rings. The molecule has 24 heavy (non-hydrogen) atoms. The molecule has 0 aliphatic carbocycles. The highest BCUT2D eigenvalue weighted by Gasteiger charge is 2.18. The first-order valence-corrected chi connectivity index (χ1v) is 8.95. The van der Waals surface area contributed by atoms with Gasteiger partial charge in [-0.25, -0.2) is 13.1 Å². The summed E-state index contributed by atoms with van der Waals surface area (Å²) in [6.45, 7) is -0.469. The minimum atomic E-state index is -3.90. The Bertz CT molecular complexity index is 856. The van der Waals surface area contributed by atoms with Crippen LogP contribution in [0.5, 0.6) is 5.75 Å². The molecule has 0 spiro atoms. The van der Waals surface area contributed by atoms with Crippen LogP contribution in [0, 0.1) is 0 Å². The third-order valence-electron chi connectivity index (χ3n) is 2.98. The number of halogens is 2. The van der Waals surface area contributed by atoms with Gasteiger partial charge in [0.05, 0.1) is 24.4 Å². The zero-order valence-corrected chi connectivity index (χ0v) is 14.9. The summed E-state index contributed by atoms with van der Waals surface area (Å²) in [6, 6.07) is 10.6. The van der Waals surface area contributed by atoms with Crippen LogP contribution in [0.1, 0.15) is 0 Å². The van der Waals surface area contributed by atoms with E-state index in [0.29, 0.717) is 16.5 Å². The van der Waals surface area contributed by atoms with Gasteiger partial charge in [-0.1, -0.05) is 35.3 Å². The molecule has 6 nitrogen and oxygen atoms in total. The maximum absolute atomic E-state index is 12.2. The predicted molar refractivity (Wildman–Crippen MR) is 93.3 cm³/mol. The van der Waals surface area contributed by atoms with Gasteiger partial charge >= 0.3 is 0 Å². The summed E-state index contributed by atoms with van der Waals surface area (Å²) in [5.41, 5.74) is 0.340. The van der Waals surface area contributed by atoms with Crippen molar-refractivity contribution in [3.05, 3.63) is 52.5 Å². The van der Waals surface area contributed by atoms with Gasteiger partial charge < -0.3 is 10.1 Å². The standard InChI is InChI=1S/C15H14Cl2N2O4S/c1-23-13-7-6-10(16)8-12(13)19-15(20)9-18-24(21,22)14-5-3-2-4-11(14)17/h2-8,18H,9H2,1H3,(H,19,20). The van der Waals surface area contributed by atoms with Crippen LogP contribution in [0.15, 0.2) is 47.4 Å². The smallest absolute Gasteiger partial charge is 0.242 e. The van der Waals surface area contributed by atoms with E-state index >= 15 is 0 Å². The van der Waals surface area contributed by atoms with Gasteiger partial charge in [-0.3, -0.25) is 4.79 Å². The number of anilines is 1. The maximum Gasteiger partial charge on any atom is 0.242 e. The Morgan fingerprint density at radius 3 is 2.54 bits per heavy atom. The fourth-order valence-electron chi connectivity index (χ4n) is 1.87. The van der Waals surface area contributed by atoms with Crippen LogP contribution >= 0.6 is 23.2 Å². The van der Waals surface area contributed by atoms with Crippen LogP contribution in [-0.4, -0.2) is 28.0 Å². The Hall–Kier alpha value is -1.80. The van der Waals surface area contributed by atoms with E-state index in [-0.39, 0.29) is 9.92 Å². The van der Waals surface area contributed by atoms with Gasteiger partial charge in [0, 0.05) is 5.02 Å². The van der Waals surface area contributed by atoms with Crippen LogP contribution in [0.25, 0.3) is 0 Å². The number of sulfonamides is 1. The van der Waals surface area contributed by atoms with Gasteiger partial charge in [0.25, 0.3) is 0 Å². The molecule has 0 aliphatic rings. The number of hydrogen-bond acceptors (Lipinski definition) is 4. The lowest BCUT2D eigenvalue weighted by Gasteiger charge is -2.11. The third-order valence-corrected chi connectivity index (χ3v) is 5.12. The van der Waals surface area contributed by atoms with Crippen LogP contribution in [0.3, 0.4) is 0 Å². The summed E-state index contributed by atoms with van der Waals surface area (Å²) in [5.74, 6) is -0.173. The van der Waals surface area contributed by atoms with Gasteiger partial charge in [-0.05, 0) is 30.3 Å². The summed E-state index contributed by atoms with van der Waals surface area (Å²) in [7, 11) is -2.46. The second kappa shape index (κ2) is 7.85. The normalized spacial score (nSPS) is 11.1. The molecule has 2 aromatic carbocycles. The predicted octanol–water partition coefficient (Wildman–Crippen LogP) is 2.92. The van der Waals surface area contributed by atoms with Crippen molar-refractivity contribution in [2.45, 2.75) is 4.90 Å². The zero-order chi connectivity index (χ0) is 17.7. The molecule has 2 rings (SSSR count). The fourth-order valence-corrected chi connectivity index (χ4v) is 3.54. The number of benzene rings is 2. The van der Waals surface area contributed by atoms with Crippen molar-refractivity contribution >= 4 is 44.8 Å². The Balaban J connectivity index is 2.06. The van der Waals surface area contributed by atoms with E-state index < -0.39 is 22.5 Å². The molecule has 128 valence electrons. The van der Waals surface area contributed by atoms with Crippen LogP contribution in [0.4, 0.5) is 5.69 Å². The van der Waals surface area contributed by atoms with Crippen molar-refractivity contribution in [2.75, 3.05) is 19.0 Å². The molecule has 0 radical (unpaired) electrons. The summed E-state index contributed by atoms with van der Waals surface area (Å²) in [6.07, 6.45) is 0. The van der Waals surface area contributed by atoms with Crippen molar-refractivity contribution in [2.24, 2.45) is 0 Å². The Labute approximate surface area is 149 Å². The highest BCUT2D eigenvalue weighted by molar-refractivity contribution is 7.89. The van der Waals surface area contributed by atoms with E-state index in [1.807, 2.05) is 0 Å². The molecule has 1 amide bonds. The lowest BCUT2D eigenvalue weighted by Crippen LogP contribution is -2.33. The van der Waals surface area contributed by atoms with Gasteiger partial charge in [0.2, 0.25) is 15.9 Å². The number of ether oxygens (including phenoxy) is 1. The second-order valence-corrected chi connectivity index (χ2v) is 7.23. The molecule has 0 aliphatic heterocycles. The molecule has 2 N–H and O–H groups in total. The molecule has 0 saturated carbocycles. The molecule has 2 aromatic rings. The molecule has 0 saturated heterocycles. The lowest BCUT2D eigenvalue weighted by atomic mass is 10.3. The first kappa shape index (κ1) is 18.5. The fraction of sp³-hybridized carbons (Fsp3) is 0.133. The highest BCUT2D eigenvalue weighted by atomic mass is 35.5. The first-order chi connectivity index (χ1) is 11.3. The quantitative estimate of drug-likeness (QED) is 0.796. The molecule has 0 heterocycles. The average molecular weight is 389 g/mol. The Morgan fingerprint density at radius 1 is 1.17 bits per heavy atom. The van der Waals surface area contributed by atoms with Crippen LogP contribution < -0.4 is 14.8 Å². The Morgan fingerprint density at radius 2 is 1.88 bits per heavy atom. The van der Waals surface area contributed by atoms with Gasteiger partial charge in [-0.15, -0.1) is 0 Å². The average Bonchev–Trinajstić information content (AvgIpc) is 2.53. The molecule has 0 atom stereocenters. The molecule has 9 heteroatoms. The van der Waals surface area contributed by atoms with E-state index in [4.69, 9.17) is 27.9 Å². The number of amides is 1. The SMILES string of the molecule is COc1ccc(Cl)cc1NC(=O)CNS(=O)(=O)c1ccccc1Cl. The van der Waals surface area contributed by atoms with Crippen LogP contribution in [0.2, 0.25) is 10.0 Å². The van der Waals surface area contributed by atoms with Crippen molar-refractivity contribution in [3.8, 4) is 5.75 Å². The molecule has 0 unspecified atom stereocenters. The number of hydrogen-bond donors (Lipinski definition) is 2. The van der Waals surface area contributed by atoms with E-state index in [1.165, 1.54) is 31.4 Å². The molecular formula is C15H14Cl2N2O4S. The lowest BCUT2D eigenvalue weighted by molar-refractivity contribution is -0.115. The monoisotopic (exact) mass is 388 g/mol. The summed E-state index contributed by atoms with van der Waals surface area (Å²) in [4.78, 5) is 11.9. The minimum Gasteiger partial charge on any atom is -0.495 e. The molecule has 0 aromatic heterocycles. The van der Waals surface area contributed by atoms with Gasteiger partial charge in [0.1, 0.15) is 10.6 Å². The number of nitrogens with one attached hydrogen (secondary N) is 2. The Kier molecular flexibility index (Phi) is 6.06. The van der Waals surface area contributed by atoms with Crippen LogP contribution in [-0.2, 0) is 14.8 Å². The second-order valence-electron chi connectivity index (χ2n) is 4.65. The number of carbonyl (C=O) groups excluding carboxylic acids is 1. The molecular weight excluding hydrogens is 375 g/mol. The third kappa shape index (κ3) is 4.61. The maximum atomic E-state index is 12.2. The van der Waals surface area contributed by atoms with Gasteiger partial charge in [0.15, 0.2) is 0 Å². The first-order valence-electron chi connectivity index (χ1n) is 6.71. The minimum absolute atomic E-state index is 0.0712. The number of carbonyl (C=O) groups is 1. The zero-order valence-electron chi connectivity index (χ0n) is 12.5.